The molecule has 0 spiro atoms. The third kappa shape index (κ3) is 6.05. The minimum Gasteiger partial charge on any atom is -0.481 e. The molecule has 170 valence electrons. The zero-order valence-corrected chi connectivity index (χ0v) is 18.7. The van der Waals surface area contributed by atoms with Gasteiger partial charge in [-0.1, -0.05) is 0 Å². The van der Waals surface area contributed by atoms with Gasteiger partial charge in [-0.3, -0.25) is 14.4 Å². The number of hydrogen-bond donors (Lipinski definition) is 3. The van der Waals surface area contributed by atoms with E-state index in [0.29, 0.717) is 25.3 Å². The highest BCUT2D eigenvalue weighted by molar-refractivity contribution is 5.87. The zero-order chi connectivity index (χ0) is 21.7. The maximum absolute atomic E-state index is 12.9. The fourth-order valence-corrected chi connectivity index (χ4v) is 6.13. The van der Waals surface area contributed by atoms with Crippen LogP contribution in [0, 0.1) is 29.6 Å². The molecule has 6 nitrogen and oxygen atoms in total. The normalized spacial score (nSPS) is 37.3. The SMILES string of the molecule is CNC1CCC(CC2CCC(NC(=O)C3CC(C(C)=O)CCC3C(=O)O)CC2)CC1. The number of rotatable bonds is 7. The molecule has 0 saturated heterocycles. The minimum absolute atomic E-state index is 0.0703. The van der Waals surface area contributed by atoms with Crippen molar-refractivity contribution in [3.05, 3.63) is 0 Å². The van der Waals surface area contributed by atoms with Crippen molar-refractivity contribution in [3.8, 4) is 0 Å². The molecule has 3 saturated carbocycles. The first kappa shape index (κ1) is 23.2. The van der Waals surface area contributed by atoms with Gasteiger partial charge in [-0.05, 0) is 103 Å². The van der Waals surface area contributed by atoms with E-state index in [-0.39, 0.29) is 23.7 Å². The van der Waals surface area contributed by atoms with Crippen LogP contribution in [0.4, 0.5) is 0 Å². The summed E-state index contributed by atoms with van der Waals surface area (Å²) in [6.07, 6.45) is 12.2. The van der Waals surface area contributed by atoms with Crippen molar-refractivity contribution in [2.24, 2.45) is 29.6 Å². The molecule has 0 heterocycles. The Hall–Kier alpha value is -1.43. The number of carboxylic acids is 1. The summed E-state index contributed by atoms with van der Waals surface area (Å²) in [6, 6.07) is 0.852. The number of hydrogen-bond acceptors (Lipinski definition) is 4. The molecule has 0 aromatic rings. The fraction of sp³-hybridized carbons (Fsp3) is 0.875. The highest BCUT2D eigenvalue weighted by Crippen LogP contribution is 2.37. The summed E-state index contributed by atoms with van der Waals surface area (Å²) in [5.41, 5.74) is 0. The lowest BCUT2D eigenvalue weighted by Gasteiger charge is -2.36. The first-order valence-electron chi connectivity index (χ1n) is 12.1. The number of carbonyl (C=O) groups is 3. The van der Waals surface area contributed by atoms with Gasteiger partial charge in [-0.2, -0.15) is 0 Å². The molecule has 3 aliphatic rings. The largest absolute Gasteiger partial charge is 0.481 e. The van der Waals surface area contributed by atoms with E-state index in [1.165, 1.54) is 32.1 Å². The average Bonchev–Trinajstić information content (AvgIpc) is 2.75. The molecule has 3 rings (SSSR count). The predicted octanol–water partition coefficient (Wildman–Crippen LogP) is 3.54. The molecule has 3 aliphatic carbocycles. The number of Topliss-reactive ketones (excluding diaryl/α,β-unsaturated/α-hetero) is 1. The topological polar surface area (TPSA) is 95.5 Å². The minimum atomic E-state index is -0.908. The fourth-order valence-electron chi connectivity index (χ4n) is 6.13. The highest BCUT2D eigenvalue weighted by Gasteiger charge is 2.41. The Kier molecular flexibility index (Phi) is 8.32. The van der Waals surface area contributed by atoms with Gasteiger partial charge < -0.3 is 15.7 Å². The van der Waals surface area contributed by atoms with Gasteiger partial charge in [0.15, 0.2) is 0 Å². The van der Waals surface area contributed by atoms with E-state index < -0.39 is 17.8 Å². The lowest BCUT2D eigenvalue weighted by Crippen LogP contribution is -2.46. The zero-order valence-electron chi connectivity index (χ0n) is 18.7. The molecular formula is C24H40N2O4. The van der Waals surface area contributed by atoms with Crippen molar-refractivity contribution >= 4 is 17.7 Å². The Labute approximate surface area is 180 Å². The first-order valence-corrected chi connectivity index (χ1v) is 12.1. The molecule has 0 aliphatic heterocycles. The second-order valence-corrected chi connectivity index (χ2v) is 10.1. The Bertz CT molecular complexity index is 606. The third-order valence-corrected chi connectivity index (χ3v) is 8.19. The molecule has 6 heteroatoms. The summed E-state index contributed by atoms with van der Waals surface area (Å²) >= 11 is 0. The molecular weight excluding hydrogens is 380 g/mol. The molecule has 3 atom stereocenters. The van der Waals surface area contributed by atoms with Crippen molar-refractivity contribution in [2.45, 2.75) is 96.1 Å². The molecule has 3 unspecified atom stereocenters. The van der Waals surface area contributed by atoms with Gasteiger partial charge in [0.2, 0.25) is 5.91 Å². The maximum Gasteiger partial charge on any atom is 0.307 e. The van der Waals surface area contributed by atoms with E-state index in [2.05, 4.69) is 17.7 Å². The number of amides is 1. The van der Waals surface area contributed by atoms with Gasteiger partial charge >= 0.3 is 5.97 Å². The summed E-state index contributed by atoms with van der Waals surface area (Å²) in [6.45, 7) is 1.55. The van der Waals surface area contributed by atoms with E-state index in [1.54, 1.807) is 6.92 Å². The monoisotopic (exact) mass is 420 g/mol. The second-order valence-electron chi connectivity index (χ2n) is 10.1. The van der Waals surface area contributed by atoms with E-state index in [4.69, 9.17) is 0 Å². The van der Waals surface area contributed by atoms with Crippen LogP contribution in [0.3, 0.4) is 0 Å². The lowest BCUT2D eigenvalue weighted by atomic mass is 9.72. The lowest BCUT2D eigenvalue weighted by molar-refractivity contribution is -0.150. The van der Waals surface area contributed by atoms with Crippen LogP contribution in [0.2, 0.25) is 0 Å². The molecule has 3 fully saturated rings. The van der Waals surface area contributed by atoms with Gasteiger partial charge in [0.1, 0.15) is 5.78 Å². The van der Waals surface area contributed by atoms with Crippen molar-refractivity contribution in [1.82, 2.24) is 10.6 Å². The molecule has 30 heavy (non-hydrogen) atoms. The maximum atomic E-state index is 12.9. The number of ketones is 1. The summed E-state index contributed by atoms with van der Waals surface area (Å²) in [4.78, 5) is 36.3. The van der Waals surface area contributed by atoms with Crippen LogP contribution in [0.1, 0.15) is 84.0 Å². The van der Waals surface area contributed by atoms with Gasteiger partial charge in [0.25, 0.3) is 0 Å². The summed E-state index contributed by atoms with van der Waals surface area (Å²) in [7, 11) is 2.06. The Morgan fingerprint density at radius 1 is 0.800 bits per heavy atom. The molecule has 0 aromatic carbocycles. The summed E-state index contributed by atoms with van der Waals surface area (Å²) in [5, 5.41) is 16.1. The van der Waals surface area contributed by atoms with Crippen molar-refractivity contribution in [1.29, 1.82) is 0 Å². The van der Waals surface area contributed by atoms with Gasteiger partial charge in [-0.25, -0.2) is 0 Å². The third-order valence-electron chi connectivity index (χ3n) is 8.19. The smallest absolute Gasteiger partial charge is 0.307 e. The average molecular weight is 421 g/mol. The highest BCUT2D eigenvalue weighted by atomic mass is 16.4. The molecule has 0 radical (unpaired) electrons. The molecule has 0 bridgehead atoms. The Morgan fingerprint density at radius 2 is 1.37 bits per heavy atom. The van der Waals surface area contributed by atoms with Crippen LogP contribution in [0.5, 0.6) is 0 Å². The molecule has 0 aromatic heterocycles. The van der Waals surface area contributed by atoms with Gasteiger partial charge in [0.05, 0.1) is 11.8 Å². The van der Waals surface area contributed by atoms with E-state index >= 15 is 0 Å². The summed E-state index contributed by atoms with van der Waals surface area (Å²) in [5.74, 6) is -0.789. The van der Waals surface area contributed by atoms with Crippen molar-refractivity contribution in [2.75, 3.05) is 7.05 Å². The Morgan fingerprint density at radius 3 is 1.87 bits per heavy atom. The standard InChI is InChI=1S/C24H40N2O4/c1-15(27)18-7-12-21(24(29)30)22(14-18)23(28)26-20-10-5-17(6-11-20)13-16-3-8-19(25-2)9-4-16/h16-22,25H,3-14H2,1-2H3,(H,26,28)(H,29,30). The number of carbonyl (C=O) groups excluding carboxylic acids is 2. The van der Waals surface area contributed by atoms with Crippen LogP contribution >= 0.6 is 0 Å². The van der Waals surface area contributed by atoms with Crippen LogP contribution in [-0.2, 0) is 14.4 Å². The molecule has 1 amide bonds. The summed E-state index contributed by atoms with van der Waals surface area (Å²) < 4.78 is 0. The molecule has 3 N–H and O–H groups in total. The first-order chi connectivity index (χ1) is 14.4. The van der Waals surface area contributed by atoms with E-state index in [0.717, 1.165) is 37.5 Å². The van der Waals surface area contributed by atoms with E-state index in [1.807, 2.05) is 0 Å². The van der Waals surface area contributed by atoms with Crippen LogP contribution in [0.25, 0.3) is 0 Å². The van der Waals surface area contributed by atoms with Crippen molar-refractivity contribution in [3.63, 3.8) is 0 Å². The number of carboxylic acid groups (broad SMARTS) is 1. The predicted molar refractivity (Wildman–Crippen MR) is 116 cm³/mol. The number of aliphatic carboxylic acids is 1. The van der Waals surface area contributed by atoms with E-state index in [9.17, 15) is 19.5 Å². The quantitative estimate of drug-likeness (QED) is 0.585. The van der Waals surface area contributed by atoms with Gasteiger partial charge in [0, 0.05) is 18.0 Å². The van der Waals surface area contributed by atoms with Crippen LogP contribution < -0.4 is 10.6 Å². The van der Waals surface area contributed by atoms with Crippen LogP contribution in [0.15, 0.2) is 0 Å². The van der Waals surface area contributed by atoms with Crippen LogP contribution in [-0.4, -0.2) is 41.9 Å². The second kappa shape index (κ2) is 10.7. The van der Waals surface area contributed by atoms with Crippen molar-refractivity contribution < 1.29 is 19.5 Å². The van der Waals surface area contributed by atoms with Gasteiger partial charge in [-0.15, -0.1) is 0 Å². The Balaban J connectivity index is 1.44. The number of nitrogens with one attached hydrogen (secondary N) is 2.